The van der Waals surface area contributed by atoms with Crippen LogP contribution in [0.4, 0.5) is 0 Å². The fourth-order valence-corrected chi connectivity index (χ4v) is 2.84. The Kier molecular flexibility index (Phi) is 6.52. The number of ether oxygens (including phenoxy) is 2. The third kappa shape index (κ3) is 6.24. The molecule has 0 bridgehead atoms. The van der Waals surface area contributed by atoms with Gasteiger partial charge in [0.1, 0.15) is 14.7 Å². The molecule has 2 rings (SSSR count). The van der Waals surface area contributed by atoms with E-state index < -0.39 is 8.07 Å². The maximum Gasteiger partial charge on any atom is 0.158 e. The Morgan fingerprint density at radius 1 is 1.36 bits per heavy atom. The first-order chi connectivity index (χ1) is 10.5. The monoisotopic (exact) mass is 314 g/mol. The fourth-order valence-electron chi connectivity index (χ4n) is 2.33. The molecule has 2 nitrogen and oxygen atoms in total. The van der Waals surface area contributed by atoms with E-state index >= 15 is 0 Å². The van der Waals surface area contributed by atoms with Crippen LogP contribution in [0, 0.1) is 23.3 Å². The molecular weight excluding hydrogens is 288 g/mol. The van der Waals surface area contributed by atoms with Crippen molar-refractivity contribution in [2.45, 2.75) is 58.0 Å². The first-order valence-electron chi connectivity index (χ1n) is 8.19. The minimum Gasteiger partial charge on any atom is -0.353 e. The predicted molar refractivity (Wildman–Crippen MR) is 93.8 cm³/mol. The lowest BCUT2D eigenvalue weighted by atomic mass is 10.1. The third-order valence-electron chi connectivity index (χ3n) is 3.51. The van der Waals surface area contributed by atoms with E-state index in [4.69, 9.17) is 9.47 Å². The van der Waals surface area contributed by atoms with Gasteiger partial charge in [0.05, 0.1) is 0 Å². The van der Waals surface area contributed by atoms with Gasteiger partial charge in [0.25, 0.3) is 0 Å². The summed E-state index contributed by atoms with van der Waals surface area (Å²) in [7, 11) is -1.32. The van der Waals surface area contributed by atoms with Crippen molar-refractivity contribution in [2.75, 3.05) is 13.2 Å². The molecule has 1 heterocycles. The molecule has 1 unspecified atom stereocenters. The van der Waals surface area contributed by atoms with Gasteiger partial charge < -0.3 is 9.47 Å². The molecule has 118 valence electrons. The topological polar surface area (TPSA) is 18.5 Å². The average molecular weight is 315 g/mol. The maximum absolute atomic E-state index is 5.60. The van der Waals surface area contributed by atoms with Crippen molar-refractivity contribution >= 4 is 8.07 Å². The van der Waals surface area contributed by atoms with Crippen LogP contribution in [-0.2, 0) is 9.47 Å². The molecule has 0 radical (unpaired) electrons. The second kappa shape index (κ2) is 8.39. The third-order valence-corrected chi connectivity index (χ3v) is 4.38. The predicted octanol–water partition coefficient (Wildman–Crippen LogP) is 4.06. The summed E-state index contributed by atoms with van der Waals surface area (Å²) >= 11 is 0. The zero-order chi connectivity index (χ0) is 15.8. The normalized spacial score (nSPS) is 23.3. The summed E-state index contributed by atoms with van der Waals surface area (Å²) in [6.07, 6.45) is 9.63. The highest BCUT2D eigenvalue weighted by atomic mass is 28.3. The van der Waals surface area contributed by atoms with Gasteiger partial charge in [-0.1, -0.05) is 43.5 Å². The molecule has 3 heteroatoms. The Labute approximate surface area is 136 Å². The van der Waals surface area contributed by atoms with Crippen molar-refractivity contribution in [3.05, 3.63) is 23.3 Å². The first kappa shape index (κ1) is 17.1. The molecule has 1 aliphatic carbocycles. The van der Waals surface area contributed by atoms with Gasteiger partial charge in [0.15, 0.2) is 6.29 Å². The molecule has 0 saturated carbocycles. The smallest absolute Gasteiger partial charge is 0.158 e. The van der Waals surface area contributed by atoms with Crippen molar-refractivity contribution < 1.29 is 9.47 Å². The summed E-state index contributed by atoms with van der Waals surface area (Å²) in [5.41, 5.74) is 5.87. The maximum atomic E-state index is 5.60. The lowest BCUT2D eigenvalue weighted by Crippen LogP contribution is -2.22. The summed E-state index contributed by atoms with van der Waals surface area (Å²) in [6, 6.07) is 0. The first-order valence-corrected chi connectivity index (χ1v) is 11.7. The van der Waals surface area contributed by atoms with Crippen LogP contribution in [0.25, 0.3) is 0 Å². The highest BCUT2D eigenvalue weighted by Gasteiger charge is 2.13. The lowest BCUT2D eigenvalue weighted by Gasteiger charge is -2.21. The second-order valence-corrected chi connectivity index (χ2v) is 11.5. The Hall–Kier alpha value is -1.26. The minimum absolute atomic E-state index is 0.0553. The molecule has 1 saturated heterocycles. The number of allylic oxidation sites excluding steroid dienone is 4. The van der Waals surface area contributed by atoms with Gasteiger partial charge >= 0.3 is 0 Å². The quantitative estimate of drug-likeness (QED) is 0.565. The molecule has 0 aromatic carbocycles. The van der Waals surface area contributed by atoms with Gasteiger partial charge in [-0.15, -0.1) is 5.54 Å². The molecule has 0 aromatic rings. The van der Waals surface area contributed by atoms with Gasteiger partial charge in [0.2, 0.25) is 0 Å². The summed E-state index contributed by atoms with van der Waals surface area (Å²) in [5.74, 6) is 9.51. The summed E-state index contributed by atoms with van der Waals surface area (Å²) < 4.78 is 11.1. The highest BCUT2D eigenvalue weighted by molar-refractivity contribution is 6.83. The van der Waals surface area contributed by atoms with E-state index in [0.717, 1.165) is 32.3 Å². The molecule has 1 aliphatic heterocycles. The second-order valence-electron chi connectivity index (χ2n) is 6.75. The van der Waals surface area contributed by atoms with Crippen LogP contribution in [-0.4, -0.2) is 27.6 Å². The average Bonchev–Trinajstić information content (AvgIpc) is 2.93. The van der Waals surface area contributed by atoms with E-state index in [0.29, 0.717) is 6.61 Å². The van der Waals surface area contributed by atoms with E-state index in [-0.39, 0.29) is 6.29 Å². The summed E-state index contributed by atoms with van der Waals surface area (Å²) in [5, 5.41) is 0. The van der Waals surface area contributed by atoms with Crippen LogP contribution in [0.15, 0.2) is 23.3 Å². The molecular formula is C19H26O2Si. The largest absolute Gasteiger partial charge is 0.353 e. The van der Waals surface area contributed by atoms with E-state index in [1.54, 1.807) is 0 Å². The molecule has 0 aromatic heterocycles. The lowest BCUT2D eigenvalue weighted by molar-refractivity contribution is -0.154. The zero-order valence-electron chi connectivity index (χ0n) is 14.0. The number of rotatable bonds is 2. The Bertz CT molecular complexity index is 552. The molecule has 22 heavy (non-hydrogen) atoms. The highest BCUT2D eigenvalue weighted by Crippen LogP contribution is 2.24. The van der Waals surface area contributed by atoms with Crippen molar-refractivity contribution in [1.29, 1.82) is 0 Å². The van der Waals surface area contributed by atoms with Crippen molar-refractivity contribution in [2.24, 2.45) is 0 Å². The SMILES string of the molecule is C[Si](C)(C)C#CC1=CCC/C1=C/C#CCOC1CCCCO1. The Balaban J connectivity index is 1.83. The van der Waals surface area contributed by atoms with Crippen molar-refractivity contribution in [3.8, 4) is 23.3 Å². The molecule has 0 amide bonds. The molecule has 0 N–H and O–H groups in total. The zero-order valence-corrected chi connectivity index (χ0v) is 15.0. The van der Waals surface area contributed by atoms with Crippen LogP contribution in [0.5, 0.6) is 0 Å². The van der Waals surface area contributed by atoms with Gasteiger partial charge in [-0.05, 0) is 43.8 Å². The van der Waals surface area contributed by atoms with E-state index in [9.17, 15) is 0 Å². The summed E-state index contributed by atoms with van der Waals surface area (Å²) in [4.78, 5) is 0. The van der Waals surface area contributed by atoms with Gasteiger partial charge in [-0.25, -0.2) is 0 Å². The number of hydrogen-bond acceptors (Lipinski definition) is 2. The van der Waals surface area contributed by atoms with E-state index in [1.165, 1.54) is 17.6 Å². The fraction of sp³-hybridized carbons (Fsp3) is 0.579. The Morgan fingerprint density at radius 3 is 2.95 bits per heavy atom. The van der Waals surface area contributed by atoms with Crippen LogP contribution in [0.1, 0.15) is 32.1 Å². The van der Waals surface area contributed by atoms with Crippen molar-refractivity contribution in [3.63, 3.8) is 0 Å². The minimum atomic E-state index is -1.32. The van der Waals surface area contributed by atoms with Crippen LogP contribution in [0.2, 0.25) is 19.6 Å². The molecule has 1 fully saturated rings. The van der Waals surface area contributed by atoms with Gasteiger partial charge in [-0.2, -0.15) is 0 Å². The molecule has 2 aliphatic rings. The molecule has 0 spiro atoms. The van der Waals surface area contributed by atoms with Crippen LogP contribution < -0.4 is 0 Å². The Morgan fingerprint density at radius 2 is 2.23 bits per heavy atom. The van der Waals surface area contributed by atoms with Gasteiger partial charge in [0, 0.05) is 12.2 Å². The summed E-state index contributed by atoms with van der Waals surface area (Å²) in [6.45, 7) is 8.05. The number of hydrogen-bond donors (Lipinski definition) is 0. The van der Waals surface area contributed by atoms with E-state index in [2.05, 4.69) is 49.0 Å². The van der Waals surface area contributed by atoms with E-state index in [1.807, 2.05) is 6.08 Å². The van der Waals surface area contributed by atoms with Gasteiger partial charge in [-0.3, -0.25) is 0 Å². The van der Waals surface area contributed by atoms with Crippen LogP contribution in [0.3, 0.4) is 0 Å². The molecule has 1 atom stereocenters. The van der Waals surface area contributed by atoms with Crippen molar-refractivity contribution in [1.82, 2.24) is 0 Å². The van der Waals surface area contributed by atoms with Crippen LogP contribution >= 0.6 is 0 Å². The standard InChI is InChI=1S/C19H26O2Si/c1-22(2,3)16-13-18-11-8-10-17(18)9-4-6-14-20-19-12-5-7-15-21-19/h9,11,19H,5,7-8,10,12,14-15H2,1-3H3/b17-9-.